The monoisotopic (exact) mass is 413 g/mol. The minimum Gasteiger partial charge on any atom is -1.00 e. The van der Waals surface area contributed by atoms with Crippen LogP contribution in [0.4, 0.5) is 4.79 Å². The molecule has 1 atom stereocenters. The molecule has 1 amide bonds. The molecular weight excluding hydrogens is 376 g/mol. The van der Waals surface area contributed by atoms with Gasteiger partial charge in [0.15, 0.2) is 0 Å². The zero-order valence-corrected chi connectivity index (χ0v) is 22.1. The number of nitrogens with zero attached hydrogens (tertiary/aromatic N) is 1. The zero-order valence-electron chi connectivity index (χ0n) is 19.2. The predicted octanol–water partition coefficient (Wildman–Crippen LogP) is -1.21. The fourth-order valence-electron chi connectivity index (χ4n) is 2.83. The molecule has 0 aromatic rings. The van der Waals surface area contributed by atoms with E-state index in [0.29, 0.717) is 0 Å². The van der Waals surface area contributed by atoms with E-state index in [1.165, 1.54) is 49.8 Å². The van der Waals surface area contributed by atoms with Crippen LogP contribution in [0.25, 0.3) is 0 Å². The molecule has 26 heavy (non-hydrogen) atoms. The van der Waals surface area contributed by atoms with Crippen molar-refractivity contribution in [2.24, 2.45) is 0 Å². The summed E-state index contributed by atoms with van der Waals surface area (Å²) in [7, 11) is -4.03. The van der Waals surface area contributed by atoms with Gasteiger partial charge in [-0.1, -0.05) is 64.7 Å². The molecule has 0 aliphatic carbocycles. The van der Waals surface area contributed by atoms with E-state index in [9.17, 15) is 18.3 Å². The third-order valence-corrected chi connectivity index (χ3v) is 5.11. The third-order valence-electron chi connectivity index (χ3n) is 4.30. The minimum absolute atomic E-state index is 0. The van der Waals surface area contributed by atoms with Crippen LogP contribution in [0.5, 0.6) is 0 Å². The minimum atomic E-state index is -4.03. The van der Waals surface area contributed by atoms with Crippen molar-refractivity contribution in [3.05, 3.63) is 0 Å². The maximum Gasteiger partial charge on any atom is 1.00 e. The molecule has 0 fully saturated rings. The van der Waals surface area contributed by atoms with Crippen molar-refractivity contribution < 1.29 is 84.8 Å². The van der Waals surface area contributed by atoms with E-state index >= 15 is 0 Å². The maximum absolute atomic E-state index is 11.3. The van der Waals surface area contributed by atoms with Gasteiger partial charge in [0.2, 0.25) is 0 Å². The van der Waals surface area contributed by atoms with Gasteiger partial charge < -0.3 is 12.9 Å². The summed E-state index contributed by atoms with van der Waals surface area (Å²) in [5, 5.41) is 9.23. The van der Waals surface area contributed by atoms with Crippen LogP contribution in [0.2, 0.25) is 0 Å². The summed E-state index contributed by atoms with van der Waals surface area (Å²) in [6, 6.07) is -0.131. The standard InChI is InChI=1S/C17H35NO5S.2Na.2H/c1-3-4-5-6-7-8-9-10-11-13-16(2)18(17(19)20)14-12-15-24(21,22)23;;;;/h16H,3-15H2,1-2H3,(H,19,20)(H,21,22,23);;;;/q;2*+1;2*-1. The van der Waals surface area contributed by atoms with Gasteiger partial charge >= 0.3 is 65.2 Å². The first kappa shape index (κ1) is 31.9. The second kappa shape index (κ2) is 19.5. The molecule has 0 rings (SSSR count). The molecule has 0 saturated heterocycles. The number of carbonyl (C=O) groups is 1. The smallest absolute Gasteiger partial charge is 1.00 e. The number of hydrogen-bond donors (Lipinski definition) is 2. The molecule has 9 heteroatoms. The molecule has 0 saturated carbocycles. The van der Waals surface area contributed by atoms with E-state index in [-0.39, 0.29) is 81.0 Å². The summed E-state index contributed by atoms with van der Waals surface area (Å²) in [6.45, 7) is 4.20. The molecule has 0 aliphatic rings. The second-order valence-corrected chi connectivity index (χ2v) is 8.15. The summed E-state index contributed by atoms with van der Waals surface area (Å²) < 4.78 is 30.1. The Hall–Kier alpha value is 1.18. The van der Waals surface area contributed by atoms with Gasteiger partial charge in [-0.2, -0.15) is 8.42 Å². The SMILES string of the molecule is CCCCCCCCCCCC(C)N(CCCS(=O)(=O)O)C(=O)O.[H-].[H-].[Na+].[Na+]. The molecule has 0 aromatic heterocycles. The molecule has 0 heterocycles. The molecule has 6 nitrogen and oxygen atoms in total. The Balaban J connectivity index is -0.000000441. The molecule has 0 aliphatic heterocycles. The number of hydrogen-bond acceptors (Lipinski definition) is 3. The Kier molecular flexibility index (Phi) is 23.9. The molecule has 0 radical (unpaired) electrons. The first-order valence-corrected chi connectivity index (χ1v) is 10.8. The van der Waals surface area contributed by atoms with E-state index in [2.05, 4.69) is 6.92 Å². The van der Waals surface area contributed by atoms with Crippen LogP contribution >= 0.6 is 0 Å². The van der Waals surface area contributed by atoms with Gasteiger partial charge in [-0.05, 0) is 19.8 Å². The van der Waals surface area contributed by atoms with Crippen molar-refractivity contribution in [2.75, 3.05) is 12.3 Å². The van der Waals surface area contributed by atoms with E-state index in [0.717, 1.165) is 19.3 Å². The number of unbranched alkanes of at least 4 members (excludes halogenated alkanes) is 8. The summed E-state index contributed by atoms with van der Waals surface area (Å²) >= 11 is 0. The van der Waals surface area contributed by atoms with E-state index < -0.39 is 22.0 Å². The van der Waals surface area contributed by atoms with Crippen molar-refractivity contribution >= 4 is 16.2 Å². The molecular formula is C17H37NNa2O5S. The quantitative estimate of drug-likeness (QED) is 0.200. The van der Waals surface area contributed by atoms with E-state index in [4.69, 9.17) is 4.55 Å². The summed E-state index contributed by atoms with van der Waals surface area (Å²) in [5.41, 5.74) is 0. The molecule has 0 spiro atoms. The van der Waals surface area contributed by atoms with Gasteiger partial charge in [-0.15, -0.1) is 0 Å². The van der Waals surface area contributed by atoms with E-state index in [1.807, 2.05) is 6.92 Å². The third kappa shape index (κ3) is 19.9. The van der Waals surface area contributed by atoms with Crippen LogP contribution in [0, 0.1) is 0 Å². The van der Waals surface area contributed by atoms with Gasteiger partial charge in [0.25, 0.3) is 10.1 Å². The van der Waals surface area contributed by atoms with Crippen molar-refractivity contribution in [1.82, 2.24) is 4.90 Å². The number of amides is 1. The van der Waals surface area contributed by atoms with Gasteiger partial charge in [0.05, 0.1) is 5.75 Å². The van der Waals surface area contributed by atoms with Gasteiger partial charge in [0, 0.05) is 12.6 Å². The van der Waals surface area contributed by atoms with Crippen LogP contribution < -0.4 is 59.1 Å². The van der Waals surface area contributed by atoms with Crippen LogP contribution in [0.15, 0.2) is 0 Å². The van der Waals surface area contributed by atoms with Crippen LogP contribution in [-0.2, 0) is 10.1 Å². The fraction of sp³-hybridized carbons (Fsp3) is 0.941. The molecule has 1 unspecified atom stereocenters. The number of carboxylic acid groups (broad SMARTS) is 1. The summed E-state index contributed by atoms with van der Waals surface area (Å²) in [4.78, 5) is 12.5. The van der Waals surface area contributed by atoms with Crippen molar-refractivity contribution in [3.63, 3.8) is 0 Å². The Labute approximate surface area is 207 Å². The normalized spacial score (nSPS) is 12.0. The molecule has 0 bridgehead atoms. The van der Waals surface area contributed by atoms with Crippen LogP contribution in [0.3, 0.4) is 0 Å². The van der Waals surface area contributed by atoms with Gasteiger partial charge in [-0.3, -0.25) is 4.55 Å². The Bertz CT molecular complexity index is 445. The topological polar surface area (TPSA) is 94.9 Å². The van der Waals surface area contributed by atoms with Crippen molar-refractivity contribution in [2.45, 2.75) is 90.5 Å². The van der Waals surface area contributed by atoms with E-state index in [1.54, 1.807) is 0 Å². The summed E-state index contributed by atoms with van der Waals surface area (Å²) in [6.07, 6.45) is 10.9. The fourth-order valence-corrected chi connectivity index (χ4v) is 3.32. The van der Waals surface area contributed by atoms with Crippen LogP contribution in [0.1, 0.15) is 87.3 Å². The first-order chi connectivity index (χ1) is 11.3. The predicted molar refractivity (Wildman–Crippen MR) is 99.3 cm³/mol. The largest absolute Gasteiger partial charge is 1.00 e. The van der Waals surface area contributed by atoms with Crippen LogP contribution in [-0.4, -0.2) is 47.4 Å². The molecule has 0 aromatic carbocycles. The second-order valence-electron chi connectivity index (χ2n) is 6.58. The summed E-state index contributed by atoms with van der Waals surface area (Å²) in [5.74, 6) is -0.401. The molecule has 2 N–H and O–H groups in total. The average molecular weight is 414 g/mol. The Morgan fingerprint density at radius 2 is 1.42 bits per heavy atom. The maximum atomic E-state index is 11.3. The Morgan fingerprint density at radius 3 is 1.85 bits per heavy atom. The van der Waals surface area contributed by atoms with Crippen molar-refractivity contribution in [3.8, 4) is 0 Å². The van der Waals surface area contributed by atoms with Gasteiger partial charge in [0.1, 0.15) is 0 Å². The van der Waals surface area contributed by atoms with Gasteiger partial charge in [-0.25, -0.2) is 4.79 Å². The Morgan fingerprint density at radius 1 is 0.962 bits per heavy atom. The average Bonchev–Trinajstić information content (AvgIpc) is 2.48. The zero-order chi connectivity index (χ0) is 18.4. The first-order valence-electron chi connectivity index (χ1n) is 9.22. The molecule has 148 valence electrons. The number of rotatable bonds is 15. The van der Waals surface area contributed by atoms with Crippen molar-refractivity contribution in [1.29, 1.82) is 0 Å².